The number of aryl methyl sites for hydroxylation is 1. The second-order valence-electron chi connectivity index (χ2n) is 9.01. The summed E-state index contributed by atoms with van der Waals surface area (Å²) < 4.78 is 0.980. The van der Waals surface area contributed by atoms with E-state index in [1.54, 1.807) is 0 Å². The van der Waals surface area contributed by atoms with Crippen LogP contribution in [-0.2, 0) is 4.79 Å². The number of carbonyl (C=O) groups excluding carboxylic acids is 2. The lowest BCUT2D eigenvalue weighted by atomic mass is 9.94. The van der Waals surface area contributed by atoms with Crippen molar-refractivity contribution < 1.29 is 9.59 Å². The van der Waals surface area contributed by atoms with Crippen LogP contribution in [0.5, 0.6) is 0 Å². The van der Waals surface area contributed by atoms with Crippen LogP contribution in [0.1, 0.15) is 32.9 Å². The van der Waals surface area contributed by atoms with Gasteiger partial charge < -0.3 is 20.1 Å². The number of carbonyl (C=O) groups is 2. The standard InChI is InChI=1S/C27H27BrN4O2/c1-16-23(29-17(2)24(16)27(34)32-12-10-31(3)11-13-32)15-21-25-20(18-6-4-7-19(28)14-18)8-5-9-22(25)30-26(21)33/h4-9,14-15,29H,10-13H2,1-3H3,(H,30,33). The summed E-state index contributed by atoms with van der Waals surface area (Å²) in [5, 5.41) is 3.00. The van der Waals surface area contributed by atoms with Gasteiger partial charge in [-0.2, -0.15) is 0 Å². The molecular formula is C27H27BrN4O2. The van der Waals surface area contributed by atoms with Gasteiger partial charge in [-0.05, 0) is 61.9 Å². The van der Waals surface area contributed by atoms with Gasteiger partial charge in [-0.25, -0.2) is 0 Å². The minimum atomic E-state index is -0.143. The fourth-order valence-corrected chi connectivity index (χ4v) is 5.23. The van der Waals surface area contributed by atoms with Crippen LogP contribution in [0.25, 0.3) is 22.8 Å². The number of halogens is 1. The molecule has 6 nitrogen and oxygen atoms in total. The van der Waals surface area contributed by atoms with E-state index in [1.807, 2.05) is 67.3 Å². The first-order chi connectivity index (χ1) is 16.3. The number of rotatable bonds is 3. The number of aromatic amines is 1. The summed E-state index contributed by atoms with van der Waals surface area (Å²) in [7, 11) is 2.08. The van der Waals surface area contributed by atoms with Gasteiger partial charge in [-0.3, -0.25) is 9.59 Å². The Hall–Kier alpha value is -3.16. The average molecular weight is 519 g/mol. The predicted molar refractivity (Wildman–Crippen MR) is 140 cm³/mol. The molecule has 3 aromatic rings. The highest BCUT2D eigenvalue weighted by Crippen LogP contribution is 2.41. The van der Waals surface area contributed by atoms with E-state index >= 15 is 0 Å². The lowest BCUT2D eigenvalue weighted by Crippen LogP contribution is -2.47. The lowest BCUT2D eigenvalue weighted by Gasteiger charge is -2.32. The lowest BCUT2D eigenvalue weighted by molar-refractivity contribution is -0.110. The Balaban J connectivity index is 1.56. The number of hydrogen-bond donors (Lipinski definition) is 2. The Bertz CT molecular complexity index is 1330. The number of benzene rings is 2. The zero-order chi connectivity index (χ0) is 24.0. The highest BCUT2D eigenvalue weighted by molar-refractivity contribution is 9.10. The molecule has 0 saturated carbocycles. The quantitative estimate of drug-likeness (QED) is 0.482. The SMILES string of the molecule is Cc1[nH]c(C=C2C(=O)Nc3cccc(-c4cccc(Br)c4)c32)c(C)c1C(=O)N1CCN(C)CC1. The normalized spacial score (nSPS) is 17.2. The van der Waals surface area contributed by atoms with E-state index in [-0.39, 0.29) is 11.8 Å². The molecule has 0 aliphatic carbocycles. The van der Waals surface area contributed by atoms with Gasteiger partial charge in [0.25, 0.3) is 11.8 Å². The van der Waals surface area contributed by atoms with E-state index in [2.05, 4.69) is 38.2 Å². The Morgan fingerprint density at radius 3 is 2.53 bits per heavy atom. The summed E-state index contributed by atoms with van der Waals surface area (Å²) in [5.74, 6) is -0.0915. The van der Waals surface area contributed by atoms with Gasteiger partial charge in [-0.1, -0.05) is 40.2 Å². The minimum Gasteiger partial charge on any atom is -0.358 e. The second kappa shape index (κ2) is 8.89. The molecule has 174 valence electrons. The summed E-state index contributed by atoms with van der Waals surface area (Å²) in [4.78, 5) is 33.9. The molecule has 0 atom stereocenters. The maximum atomic E-state index is 13.3. The number of nitrogens with zero attached hydrogens (tertiary/aromatic N) is 2. The van der Waals surface area contributed by atoms with Crippen LogP contribution in [0.2, 0.25) is 0 Å². The Kier molecular flexibility index (Phi) is 5.91. The van der Waals surface area contributed by atoms with Crippen LogP contribution < -0.4 is 5.32 Å². The minimum absolute atomic E-state index is 0.0510. The van der Waals surface area contributed by atoms with Crippen molar-refractivity contribution in [2.75, 3.05) is 38.5 Å². The van der Waals surface area contributed by atoms with E-state index in [1.165, 1.54) is 0 Å². The van der Waals surface area contributed by atoms with Gasteiger partial charge >= 0.3 is 0 Å². The zero-order valence-electron chi connectivity index (χ0n) is 19.5. The number of hydrogen-bond acceptors (Lipinski definition) is 3. The molecule has 34 heavy (non-hydrogen) atoms. The predicted octanol–water partition coefficient (Wildman–Crippen LogP) is 4.94. The summed E-state index contributed by atoms with van der Waals surface area (Å²) in [6.07, 6.45) is 1.88. The van der Waals surface area contributed by atoms with Gasteiger partial charge in [-0.15, -0.1) is 0 Å². The molecule has 0 bridgehead atoms. The highest BCUT2D eigenvalue weighted by atomic mass is 79.9. The van der Waals surface area contributed by atoms with Gasteiger partial charge in [0.1, 0.15) is 0 Å². The molecule has 1 saturated heterocycles. The number of nitrogens with one attached hydrogen (secondary N) is 2. The van der Waals surface area contributed by atoms with Crippen molar-refractivity contribution >= 4 is 45.1 Å². The van der Waals surface area contributed by atoms with Crippen LogP contribution in [-0.4, -0.2) is 59.8 Å². The number of piperazine rings is 1. The van der Waals surface area contributed by atoms with E-state index in [4.69, 9.17) is 0 Å². The third-order valence-corrected chi connectivity index (χ3v) is 7.22. The van der Waals surface area contributed by atoms with Crippen molar-refractivity contribution in [2.24, 2.45) is 0 Å². The van der Waals surface area contributed by atoms with Crippen molar-refractivity contribution in [3.8, 4) is 11.1 Å². The van der Waals surface area contributed by atoms with Gasteiger partial charge in [0.2, 0.25) is 0 Å². The number of anilines is 1. The molecule has 2 aliphatic heterocycles. The van der Waals surface area contributed by atoms with Crippen LogP contribution >= 0.6 is 15.9 Å². The molecule has 7 heteroatoms. The summed E-state index contributed by atoms with van der Waals surface area (Å²) >= 11 is 3.55. The van der Waals surface area contributed by atoms with E-state index in [0.29, 0.717) is 11.1 Å². The summed E-state index contributed by atoms with van der Waals surface area (Å²) in [5.41, 5.74) is 7.47. The first-order valence-electron chi connectivity index (χ1n) is 11.4. The van der Waals surface area contributed by atoms with E-state index in [0.717, 1.165) is 70.0 Å². The molecule has 1 aromatic heterocycles. The topological polar surface area (TPSA) is 68.4 Å². The van der Waals surface area contributed by atoms with Crippen LogP contribution in [0.15, 0.2) is 46.9 Å². The van der Waals surface area contributed by atoms with Crippen LogP contribution in [0, 0.1) is 13.8 Å². The van der Waals surface area contributed by atoms with Gasteiger partial charge in [0, 0.05) is 53.3 Å². The first-order valence-corrected chi connectivity index (χ1v) is 12.2. The van der Waals surface area contributed by atoms with Crippen LogP contribution in [0.4, 0.5) is 5.69 Å². The van der Waals surface area contributed by atoms with Gasteiger partial charge in [0.05, 0.1) is 11.1 Å². The number of aromatic nitrogens is 1. The van der Waals surface area contributed by atoms with E-state index in [9.17, 15) is 9.59 Å². The maximum Gasteiger partial charge on any atom is 0.256 e. The Morgan fingerprint density at radius 1 is 1.06 bits per heavy atom. The molecule has 0 spiro atoms. The molecule has 5 rings (SSSR count). The fraction of sp³-hybridized carbons (Fsp3) is 0.259. The van der Waals surface area contributed by atoms with Crippen molar-refractivity contribution in [1.82, 2.24) is 14.8 Å². The van der Waals surface area contributed by atoms with Crippen molar-refractivity contribution in [1.29, 1.82) is 0 Å². The smallest absolute Gasteiger partial charge is 0.256 e. The Labute approximate surface area is 207 Å². The largest absolute Gasteiger partial charge is 0.358 e. The summed E-state index contributed by atoms with van der Waals surface area (Å²) in [6, 6.07) is 14.0. The molecule has 2 N–H and O–H groups in total. The molecule has 2 aromatic carbocycles. The monoisotopic (exact) mass is 518 g/mol. The average Bonchev–Trinajstić information content (AvgIpc) is 3.28. The summed E-state index contributed by atoms with van der Waals surface area (Å²) in [6.45, 7) is 7.07. The molecular weight excluding hydrogens is 492 g/mol. The molecule has 0 radical (unpaired) electrons. The van der Waals surface area contributed by atoms with E-state index < -0.39 is 0 Å². The number of fused-ring (bicyclic) bond motifs is 1. The maximum absolute atomic E-state index is 13.3. The third kappa shape index (κ3) is 3.99. The molecule has 2 aliphatic rings. The fourth-order valence-electron chi connectivity index (χ4n) is 4.84. The molecule has 2 amide bonds. The van der Waals surface area contributed by atoms with Crippen LogP contribution in [0.3, 0.4) is 0 Å². The zero-order valence-corrected chi connectivity index (χ0v) is 21.1. The first kappa shape index (κ1) is 22.6. The number of amides is 2. The number of H-pyrrole nitrogens is 1. The van der Waals surface area contributed by atoms with Crippen molar-refractivity contribution in [3.63, 3.8) is 0 Å². The van der Waals surface area contributed by atoms with Gasteiger partial charge in [0.15, 0.2) is 0 Å². The van der Waals surface area contributed by atoms with Crippen molar-refractivity contribution in [2.45, 2.75) is 13.8 Å². The number of likely N-dealkylation sites (N-methyl/N-ethyl adjacent to an activating group) is 1. The second-order valence-corrected chi connectivity index (χ2v) is 9.93. The Morgan fingerprint density at radius 2 is 1.79 bits per heavy atom. The third-order valence-electron chi connectivity index (χ3n) is 6.73. The molecule has 0 unspecified atom stereocenters. The van der Waals surface area contributed by atoms with Crippen molar-refractivity contribution in [3.05, 3.63) is 75.0 Å². The molecule has 1 fully saturated rings. The highest BCUT2D eigenvalue weighted by Gasteiger charge is 2.29. The molecule has 3 heterocycles.